The van der Waals surface area contributed by atoms with Gasteiger partial charge in [0, 0.05) is 24.0 Å². The van der Waals surface area contributed by atoms with Crippen LogP contribution in [0.2, 0.25) is 0 Å². The van der Waals surface area contributed by atoms with Crippen LogP contribution < -0.4 is 10.2 Å². The molecule has 0 unspecified atom stereocenters. The number of hydrogen-bond acceptors (Lipinski definition) is 3. The van der Waals surface area contributed by atoms with Crippen LogP contribution in [0.3, 0.4) is 0 Å². The largest absolute Gasteiger partial charge is 0.369 e. The molecule has 24 heavy (non-hydrogen) atoms. The molecular formula is C18H25BrN4O. The fourth-order valence-corrected chi connectivity index (χ4v) is 3.46. The zero-order valence-corrected chi connectivity index (χ0v) is 16.4. The number of benzene rings is 1. The molecule has 1 aromatic carbocycles. The summed E-state index contributed by atoms with van der Waals surface area (Å²) < 4.78 is 0.726. The van der Waals surface area contributed by atoms with E-state index < -0.39 is 0 Å². The summed E-state index contributed by atoms with van der Waals surface area (Å²) in [5.41, 5.74) is 3.20. The number of H-pyrrole nitrogens is 1. The zero-order chi connectivity index (χ0) is 17.9. The molecule has 2 N–H and O–H groups in total. The highest BCUT2D eigenvalue weighted by atomic mass is 79.9. The standard InChI is InChI=1S/C18H25BrN4O/c1-6-23(12(4)5)14-9-7-13(8-10-14)20-18(24)17-15(19)16(11(2)3)21-22-17/h7-12H,6H2,1-5H3,(H,20,24)(H,21,22). The summed E-state index contributed by atoms with van der Waals surface area (Å²) in [4.78, 5) is 14.7. The Bertz CT molecular complexity index is 692. The lowest BCUT2D eigenvalue weighted by Gasteiger charge is -2.27. The molecule has 6 heteroatoms. The maximum Gasteiger partial charge on any atom is 0.277 e. The molecule has 0 spiro atoms. The van der Waals surface area contributed by atoms with Crippen molar-refractivity contribution in [1.29, 1.82) is 0 Å². The van der Waals surface area contributed by atoms with Gasteiger partial charge in [-0.3, -0.25) is 9.89 Å². The minimum atomic E-state index is -0.228. The molecule has 0 aliphatic carbocycles. The van der Waals surface area contributed by atoms with Crippen molar-refractivity contribution < 1.29 is 4.79 Å². The first-order chi connectivity index (χ1) is 11.3. The van der Waals surface area contributed by atoms with Gasteiger partial charge in [-0.15, -0.1) is 0 Å². The van der Waals surface area contributed by atoms with Crippen molar-refractivity contribution in [2.75, 3.05) is 16.8 Å². The van der Waals surface area contributed by atoms with E-state index in [1.165, 1.54) is 0 Å². The highest BCUT2D eigenvalue weighted by Crippen LogP contribution is 2.26. The van der Waals surface area contributed by atoms with E-state index in [-0.39, 0.29) is 11.8 Å². The second-order valence-electron chi connectivity index (χ2n) is 6.34. The second-order valence-corrected chi connectivity index (χ2v) is 7.13. The van der Waals surface area contributed by atoms with Crippen molar-refractivity contribution in [2.24, 2.45) is 0 Å². The third-order valence-corrected chi connectivity index (χ3v) is 4.75. The molecule has 1 heterocycles. The summed E-state index contributed by atoms with van der Waals surface area (Å²) in [5.74, 6) is 0.0396. The number of amides is 1. The summed E-state index contributed by atoms with van der Waals surface area (Å²) >= 11 is 3.46. The lowest BCUT2D eigenvalue weighted by atomic mass is 10.1. The lowest BCUT2D eigenvalue weighted by molar-refractivity contribution is 0.102. The van der Waals surface area contributed by atoms with Gasteiger partial charge in [-0.2, -0.15) is 5.10 Å². The van der Waals surface area contributed by atoms with Gasteiger partial charge in [0.15, 0.2) is 5.69 Å². The highest BCUT2D eigenvalue weighted by Gasteiger charge is 2.19. The van der Waals surface area contributed by atoms with E-state index in [9.17, 15) is 4.79 Å². The van der Waals surface area contributed by atoms with Crippen LogP contribution in [0.25, 0.3) is 0 Å². The molecule has 0 fully saturated rings. The molecule has 130 valence electrons. The van der Waals surface area contributed by atoms with E-state index in [4.69, 9.17) is 0 Å². The number of hydrogen-bond donors (Lipinski definition) is 2. The van der Waals surface area contributed by atoms with Crippen LogP contribution >= 0.6 is 15.9 Å². The molecular weight excluding hydrogens is 368 g/mol. The number of nitrogens with zero attached hydrogens (tertiary/aromatic N) is 2. The fourth-order valence-electron chi connectivity index (χ4n) is 2.65. The average molecular weight is 393 g/mol. The van der Waals surface area contributed by atoms with Gasteiger partial charge < -0.3 is 10.2 Å². The van der Waals surface area contributed by atoms with E-state index in [2.05, 4.69) is 57.1 Å². The van der Waals surface area contributed by atoms with Gasteiger partial charge in [0.05, 0.1) is 10.2 Å². The van der Waals surface area contributed by atoms with Crippen molar-refractivity contribution in [3.8, 4) is 0 Å². The fraction of sp³-hybridized carbons (Fsp3) is 0.444. The minimum absolute atomic E-state index is 0.228. The van der Waals surface area contributed by atoms with E-state index >= 15 is 0 Å². The number of halogens is 1. The molecule has 0 bridgehead atoms. The summed E-state index contributed by atoms with van der Waals surface area (Å²) in [7, 11) is 0. The van der Waals surface area contributed by atoms with Crippen molar-refractivity contribution in [2.45, 2.75) is 46.6 Å². The number of nitrogens with one attached hydrogen (secondary N) is 2. The van der Waals surface area contributed by atoms with Crippen LogP contribution in [0.4, 0.5) is 11.4 Å². The predicted octanol–water partition coefficient (Wildman–Crippen LogP) is 4.78. The maximum atomic E-state index is 12.4. The van der Waals surface area contributed by atoms with E-state index in [0.29, 0.717) is 11.7 Å². The molecule has 1 amide bonds. The third kappa shape index (κ3) is 3.98. The molecule has 0 saturated carbocycles. The molecule has 5 nitrogen and oxygen atoms in total. The maximum absolute atomic E-state index is 12.4. The molecule has 0 radical (unpaired) electrons. The number of aromatic amines is 1. The first-order valence-corrected chi connectivity index (χ1v) is 9.06. The molecule has 0 aliphatic rings. The topological polar surface area (TPSA) is 61.0 Å². The summed E-state index contributed by atoms with van der Waals surface area (Å²) in [5, 5.41) is 9.94. The van der Waals surface area contributed by atoms with Gasteiger partial charge in [0.2, 0.25) is 0 Å². The number of carbonyl (C=O) groups excluding carboxylic acids is 1. The first kappa shape index (κ1) is 18.5. The lowest BCUT2D eigenvalue weighted by Crippen LogP contribution is -2.30. The average Bonchev–Trinajstić information content (AvgIpc) is 2.91. The smallest absolute Gasteiger partial charge is 0.277 e. The number of carbonyl (C=O) groups is 1. The summed E-state index contributed by atoms with van der Waals surface area (Å²) in [6, 6.07) is 8.32. The van der Waals surface area contributed by atoms with Gasteiger partial charge in [-0.05, 0) is 66.9 Å². The molecule has 0 saturated heterocycles. The first-order valence-electron chi connectivity index (χ1n) is 8.26. The van der Waals surface area contributed by atoms with Crippen LogP contribution in [0.5, 0.6) is 0 Å². The van der Waals surface area contributed by atoms with Crippen molar-refractivity contribution in [3.63, 3.8) is 0 Å². The van der Waals surface area contributed by atoms with Crippen LogP contribution in [-0.2, 0) is 0 Å². The second kappa shape index (κ2) is 7.83. The number of aromatic nitrogens is 2. The monoisotopic (exact) mass is 392 g/mol. The van der Waals surface area contributed by atoms with Gasteiger partial charge >= 0.3 is 0 Å². The van der Waals surface area contributed by atoms with Crippen molar-refractivity contribution >= 4 is 33.2 Å². The predicted molar refractivity (Wildman–Crippen MR) is 103 cm³/mol. The van der Waals surface area contributed by atoms with Crippen LogP contribution in [0.1, 0.15) is 56.7 Å². The van der Waals surface area contributed by atoms with Crippen LogP contribution in [0.15, 0.2) is 28.7 Å². The molecule has 0 atom stereocenters. The Balaban J connectivity index is 2.12. The number of rotatable bonds is 6. The van der Waals surface area contributed by atoms with Crippen molar-refractivity contribution in [3.05, 3.63) is 40.1 Å². The Hall–Kier alpha value is -1.82. The molecule has 2 aromatic rings. The van der Waals surface area contributed by atoms with E-state index in [1.807, 2.05) is 38.1 Å². The minimum Gasteiger partial charge on any atom is -0.369 e. The Morgan fingerprint density at radius 2 is 1.88 bits per heavy atom. The van der Waals surface area contributed by atoms with Crippen LogP contribution in [-0.4, -0.2) is 28.7 Å². The van der Waals surface area contributed by atoms with Crippen LogP contribution in [0, 0.1) is 0 Å². The number of anilines is 2. The zero-order valence-electron chi connectivity index (χ0n) is 14.9. The normalized spacial score (nSPS) is 11.2. The molecule has 1 aromatic heterocycles. The van der Waals surface area contributed by atoms with Gasteiger partial charge in [0.1, 0.15) is 0 Å². The Kier molecular flexibility index (Phi) is 6.04. The van der Waals surface area contributed by atoms with E-state index in [0.717, 1.165) is 28.1 Å². The summed E-state index contributed by atoms with van der Waals surface area (Å²) in [6.45, 7) is 11.5. The van der Waals surface area contributed by atoms with Gasteiger partial charge in [-0.1, -0.05) is 13.8 Å². The van der Waals surface area contributed by atoms with E-state index in [1.54, 1.807) is 0 Å². The SMILES string of the molecule is CCN(c1ccc(NC(=O)c2n[nH]c(C(C)C)c2Br)cc1)C(C)C. The quantitative estimate of drug-likeness (QED) is 0.742. The Labute approximate surface area is 152 Å². The van der Waals surface area contributed by atoms with Gasteiger partial charge in [-0.25, -0.2) is 0 Å². The van der Waals surface area contributed by atoms with Crippen molar-refractivity contribution in [1.82, 2.24) is 10.2 Å². The molecule has 2 rings (SSSR count). The Morgan fingerprint density at radius 3 is 2.33 bits per heavy atom. The highest BCUT2D eigenvalue weighted by molar-refractivity contribution is 9.10. The summed E-state index contributed by atoms with van der Waals surface area (Å²) in [6.07, 6.45) is 0. The molecule has 0 aliphatic heterocycles. The van der Waals surface area contributed by atoms with Gasteiger partial charge in [0.25, 0.3) is 5.91 Å². The Morgan fingerprint density at radius 1 is 1.25 bits per heavy atom. The third-order valence-electron chi connectivity index (χ3n) is 3.95.